The van der Waals surface area contributed by atoms with E-state index in [9.17, 15) is 4.79 Å². The van der Waals surface area contributed by atoms with Crippen molar-refractivity contribution in [1.82, 2.24) is 10.6 Å². The Morgan fingerprint density at radius 3 is 2.75 bits per heavy atom. The lowest BCUT2D eigenvalue weighted by atomic mass is 9.96. The molecule has 0 aliphatic carbocycles. The van der Waals surface area contributed by atoms with Crippen LogP contribution < -0.4 is 10.6 Å². The van der Waals surface area contributed by atoms with Gasteiger partial charge in [-0.3, -0.25) is 4.79 Å². The highest BCUT2D eigenvalue weighted by atomic mass is 35.5. The van der Waals surface area contributed by atoms with Crippen LogP contribution >= 0.6 is 12.4 Å². The van der Waals surface area contributed by atoms with E-state index in [-0.39, 0.29) is 30.3 Å². The van der Waals surface area contributed by atoms with Gasteiger partial charge >= 0.3 is 0 Å². The summed E-state index contributed by atoms with van der Waals surface area (Å²) in [5, 5.41) is 6.43. The topological polar surface area (TPSA) is 41.1 Å². The quantitative estimate of drug-likeness (QED) is 0.900. The van der Waals surface area contributed by atoms with Crippen LogP contribution in [-0.2, 0) is 4.79 Å². The van der Waals surface area contributed by atoms with E-state index in [0.29, 0.717) is 0 Å². The van der Waals surface area contributed by atoms with Gasteiger partial charge in [-0.2, -0.15) is 0 Å². The molecule has 0 spiro atoms. The molecular formula is C16H25ClN2O. The molecule has 1 fully saturated rings. The van der Waals surface area contributed by atoms with Gasteiger partial charge in [-0.1, -0.05) is 23.8 Å². The van der Waals surface area contributed by atoms with Crippen LogP contribution in [0.5, 0.6) is 0 Å². The summed E-state index contributed by atoms with van der Waals surface area (Å²) >= 11 is 0. The molecule has 4 heteroatoms. The van der Waals surface area contributed by atoms with Crippen LogP contribution in [0.15, 0.2) is 18.2 Å². The van der Waals surface area contributed by atoms with Crippen molar-refractivity contribution in [1.29, 1.82) is 0 Å². The van der Waals surface area contributed by atoms with Crippen molar-refractivity contribution in [2.75, 3.05) is 13.1 Å². The third kappa shape index (κ3) is 4.22. The molecular weight excluding hydrogens is 272 g/mol. The molecule has 1 saturated heterocycles. The van der Waals surface area contributed by atoms with Crippen molar-refractivity contribution in [2.24, 2.45) is 5.92 Å². The van der Waals surface area contributed by atoms with Crippen LogP contribution in [0.3, 0.4) is 0 Å². The van der Waals surface area contributed by atoms with Crippen LogP contribution in [0.2, 0.25) is 0 Å². The first-order valence-corrected chi connectivity index (χ1v) is 7.16. The van der Waals surface area contributed by atoms with Crippen molar-refractivity contribution in [3.05, 3.63) is 34.9 Å². The molecule has 0 aromatic heterocycles. The Morgan fingerprint density at radius 2 is 2.15 bits per heavy atom. The maximum absolute atomic E-state index is 12.2. The van der Waals surface area contributed by atoms with Crippen molar-refractivity contribution in [2.45, 2.75) is 39.7 Å². The highest BCUT2D eigenvalue weighted by Gasteiger charge is 2.22. The minimum Gasteiger partial charge on any atom is -0.349 e. The van der Waals surface area contributed by atoms with E-state index in [1.165, 1.54) is 16.7 Å². The van der Waals surface area contributed by atoms with Crippen LogP contribution in [0.25, 0.3) is 0 Å². The van der Waals surface area contributed by atoms with Gasteiger partial charge in [-0.25, -0.2) is 0 Å². The van der Waals surface area contributed by atoms with E-state index < -0.39 is 0 Å². The zero-order valence-electron chi connectivity index (χ0n) is 12.5. The second-order valence-corrected chi connectivity index (χ2v) is 5.63. The number of rotatable bonds is 3. The predicted octanol–water partition coefficient (Wildman–Crippen LogP) is 2.90. The molecule has 0 saturated carbocycles. The van der Waals surface area contributed by atoms with Gasteiger partial charge in [0.1, 0.15) is 0 Å². The molecule has 1 amide bonds. The monoisotopic (exact) mass is 296 g/mol. The Balaban J connectivity index is 0.00000200. The summed E-state index contributed by atoms with van der Waals surface area (Å²) in [4.78, 5) is 12.2. The summed E-state index contributed by atoms with van der Waals surface area (Å²) in [5.74, 6) is 0.307. The Hall–Kier alpha value is -1.06. The summed E-state index contributed by atoms with van der Waals surface area (Å²) in [6.45, 7) is 8.11. The van der Waals surface area contributed by atoms with E-state index in [1.807, 2.05) is 0 Å². The second-order valence-electron chi connectivity index (χ2n) is 5.63. The third-order valence-corrected chi connectivity index (χ3v) is 3.92. The Morgan fingerprint density at radius 1 is 1.40 bits per heavy atom. The van der Waals surface area contributed by atoms with Crippen LogP contribution in [0.1, 0.15) is 42.5 Å². The number of halogens is 1. The molecule has 20 heavy (non-hydrogen) atoms. The number of carbonyl (C=O) groups excluding carboxylic acids is 1. The van der Waals surface area contributed by atoms with E-state index in [2.05, 4.69) is 49.6 Å². The number of hydrogen-bond donors (Lipinski definition) is 2. The molecule has 1 aliphatic heterocycles. The number of carbonyl (C=O) groups is 1. The zero-order chi connectivity index (χ0) is 13.8. The fraction of sp³-hybridized carbons (Fsp3) is 0.562. The number of hydrogen-bond acceptors (Lipinski definition) is 2. The molecule has 1 aromatic carbocycles. The largest absolute Gasteiger partial charge is 0.349 e. The Kier molecular flexibility index (Phi) is 6.50. The fourth-order valence-corrected chi connectivity index (χ4v) is 2.80. The van der Waals surface area contributed by atoms with Crippen molar-refractivity contribution in [3.63, 3.8) is 0 Å². The number of piperidine rings is 1. The first-order valence-electron chi connectivity index (χ1n) is 7.16. The lowest BCUT2D eigenvalue weighted by molar-refractivity contribution is -0.126. The first-order chi connectivity index (χ1) is 9.08. The van der Waals surface area contributed by atoms with Gasteiger partial charge in [0.15, 0.2) is 0 Å². The van der Waals surface area contributed by atoms with Crippen LogP contribution in [-0.4, -0.2) is 19.0 Å². The van der Waals surface area contributed by atoms with E-state index in [0.717, 1.165) is 25.9 Å². The molecule has 2 rings (SSSR count). The maximum atomic E-state index is 12.2. The molecule has 112 valence electrons. The molecule has 1 aliphatic rings. The van der Waals surface area contributed by atoms with Gasteiger partial charge in [-0.15, -0.1) is 12.4 Å². The van der Waals surface area contributed by atoms with E-state index >= 15 is 0 Å². The Bertz CT molecular complexity index is 456. The van der Waals surface area contributed by atoms with Crippen LogP contribution in [0.4, 0.5) is 0 Å². The fourth-order valence-electron chi connectivity index (χ4n) is 2.80. The normalized spacial score (nSPS) is 19.9. The molecule has 1 aromatic rings. The van der Waals surface area contributed by atoms with Gasteiger partial charge in [0, 0.05) is 6.54 Å². The van der Waals surface area contributed by atoms with Crippen LogP contribution in [0, 0.1) is 19.8 Å². The average molecular weight is 297 g/mol. The summed E-state index contributed by atoms with van der Waals surface area (Å²) in [5.41, 5.74) is 3.72. The summed E-state index contributed by atoms with van der Waals surface area (Å²) < 4.78 is 0. The summed E-state index contributed by atoms with van der Waals surface area (Å²) in [7, 11) is 0. The molecule has 1 heterocycles. The van der Waals surface area contributed by atoms with Gasteiger partial charge < -0.3 is 10.6 Å². The minimum absolute atomic E-state index is 0. The molecule has 1 unspecified atom stereocenters. The second kappa shape index (κ2) is 7.65. The smallest absolute Gasteiger partial charge is 0.224 e. The number of nitrogens with one attached hydrogen (secondary N) is 2. The van der Waals surface area contributed by atoms with Crippen molar-refractivity contribution < 1.29 is 4.79 Å². The van der Waals surface area contributed by atoms with Crippen molar-refractivity contribution >= 4 is 18.3 Å². The van der Waals surface area contributed by atoms with Gasteiger partial charge in [0.05, 0.1) is 12.0 Å². The molecule has 0 radical (unpaired) electrons. The third-order valence-electron chi connectivity index (χ3n) is 3.92. The molecule has 3 nitrogen and oxygen atoms in total. The minimum atomic E-state index is 0. The zero-order valence-corrected chi connectivity index (χ0v) is 13.3. The van der Waals surface area contributed by atoms with E-state index in [1.54, 1.807) is 0 Å². The van der Waals surface area contributed by atoms with E-state index in [4.69, 9.17) is 0 Å². The average Bonchev–Trinajstić information content (AvgIpc) is 2.39. The molecule has 2 atom stereocenters. The lowest BCUT2D eigenvalue weighted by Crippen LogP contribution is -2.41. The molecule has 2 N–H and O–H groups in total. The Labute approximate surface area is 127 Å². The first kappa shape index (κ1) is 17.0. The standard InChI is InChI=1S/C16H24N2O.ClH/c1-11-6-7-15(12(2)9-11)13(3)18-16(19)14-5-4-8-17-10-14;/h6-7,9,13-14,17H,4-5,8,10H2,1-3H3,(H,18,19);1H/t13?,14-;/m1./s1. The van der Waals surface area contributed by atoms with Crippen molar-refractivity contribution in [3.8, 4) is 0 Å². The number of aryl methyl sites for hydroxylation is 2. The summed E-state index contributed by atoms with van der Waals surface area (Å²) in [6.07, 6.45) is 2.09. The van der Waals surface area contributed by atoms with Gasteiger partial charge in [0.2, 0.25) is 5.91 Å². The molecule has 0 bridgehead atoms. The highest BCUT2D eigenvalue weighted by Crippen LogP contribution is 2.20. The highest BCUT2D eigenvalue weighted by molar-refractivity contribution is 5.85. The lowest BCUT2D eigenvalue weighted by Gasteiger charge is -2.24. The SMILES string of the molecule is Cc1ccc(C(C)NC(=O)[C@@H]2CCCNC2)c(C)c1.Cl. The predicted molar refractivity (Wildman–Crippen MR) is 85.3 cm³/mol. The number of amides is 1. The summed E-state index contributed by atoms with van der Waals surface area (Å²) in [6, 6.07) is 6.47. The van der Waals surface area contributed by atoms with Gasteiger partial charge in [-0.05, 0) is 51.3 Å². The maximum Gasteiger partial charge on any atom is 0.224 e. The number of benzene rings is 1. The van der Waals surface area contributed by atoms with Gasteiger partial charge in [0.25, 0.3) is 0 Å².